The smallest absolute Gasteiger partial charge is 0.260 e. The zero-order valence-corrected chi connectivity index (χ0v) is 17.4. The molecule has 9 heteroatoms. The Hall–Kier alpha value is -3.33. The van der Waals surface area contributed by atoms with Crippen molar-refractivity contribution in [3.63, 3.8) is 0 Å². The number of aromatic nitrogens is 3. The van der Waals surface area contributed by atoms with Crippen molar-refractivity contribution in [2.45, 2.75) is 18.8 Å². The molecular weight excluding hydrogens is 415 g/mol. The summed E-state index contributed by atoms with van der Waals surface area (Å²) in [6.07, 6.45) is 4.98. The molecule has 2 aliphatic rings. The fourth-order valence-corrected chi connectivity index (χ4v) is 4.54. The van der Waals surface area contributed by atoms with Crippen molar-refractivity contribution >= 4 is 5.91 Å². The number of likely N-dealkylation sites (tertiary alicyclic amines) is 1. The zero-order valence-electron chi connectivity index (χ0n) is 17.4. The van der Waals surface area contributed by atoms with Gasteiger partial charge in [0.2, 0.25) is 11.8 Å². The van der Waals surface area contributed by atoms with Crippen LogP contribution in [0.15, 0.2) is 53.2 Å². The third-order valence-corrected chi connectivity index (χ3v) is 6.33. The SMILES string of the molecule is O=C(COc1ccc(F)cc1)N1CC(c2nnc(-c3ccncc3)o2)C2(CCOCC2)C1. The second kappa shape index (κ2) is 8.66. The van der Waals surface area contributed by atoms with Gasteiger partial charge in [-0.25, -0.2) is 4.39 Å². The number of nitrogens with zero attached hydrogens (tertiary/aromatic N) is 4. The zero-order chi connectivity index (χ0) is 22.0. The fourth-order valence-electron chi connectivity index (χ4n) is 4.54. The minimum Gasteiger partial charge on any atom is -0.484 e. The van der Waals surface area contributed by atoms with Gasteiger partial charge < -0.3 is 18.8 Å². The van der Waals surface area contributed by atoms with Crippen molar-refractivity contribution in [3.8, 4) is 17.2 Å². The van der Waals surface area contributed by atoms with Crippen LogP contribution in [0.5, 0.6) is 5.75 Å². The predicted octanol–water partition coefficient (Wildman–Crippen LogP) is 3.07. The molecule has 5 rings (SSSR count). The third kappa shape index (κ3) is 4.08. The monoisotopic (exact) mass is 438 g/mol. The Morgan fingerprint density at radius 1 is 1.12 bits per heavy atom. The summed E-state index contributed by atoms with van der Waals surface area (Å²) in [7, 11) is 0. The molecule has 2 fully saturated rings. The molecule has 1 atom stereocenters. The highest BCUT2D eigenvalue weighted by molar-refractivity contribution is 5.78. The van der Waals surface area contributed by atoms with Crippen molar-refractivity contribution in [3.05, 3.63) is 60.5 Å². The molecule has 0 aliphatic carbocycles. The van der Waals surface area contributed by atoms with Crippen LogP contribution in [0.2, 0.25) is 0 Å². The Morgan fingerprint density at radius 3 is 2.62 bits per heavy atom. The number of ether oxygens (including phenoxy) is 2. The summed E-state index contributed by atoms with van der Waals surface area (Å²) in [6.45, 7) is 2.21. The molecule has 0 radical (unpaired) electrons. The van der Waals surface area contributed by atoms with E-state index in [1.54, 1.807) is 17.3 Å². The normalized spacial score (nSPS) is 19.9. The molecule has 8 nitrogen and oxygen atoms in total. The number of hydrogen-bond acceptors (Lipinski definition) is 7. The lowest BCUT2D eigenvalue weighted by atomic mass is 9.72. The molecule has 0 bridgehead atoms. The van der Waals surface area contributed by atoms with Gasteiger partial charge in [0, 0.05) is 49.7 Å². The molecule has 2 aromatic heterocycles. The average molecular weight is 438 g/mol. The van der Waals surface area contributed by atoms with Crippen LogP contribution < -0.4 is 4.74 Å². The van der Waals surface area contributed by atoms with E-state index < -0.39 is 0 Å². The van der Waals surface area contributed by atoms with Gasteiger partial charge >= 0.3 is 0 Å². The average Bonchev–Trinajstić information content (AvgIpc) is 3.45. The van der Waals surface area contributed by atoms with Gasteiger partial charge in [-0.15, -0.1) is 10.2 Å². The topological polar surface area (TPSA) is 90.6 Å². The van der Waals surface area contributed by atoms with Gasteiger partial charge in [0.15, 0.2) is 6.61 Å². The van der Waals surface area contributed by atoms with E-state index in [-0.39, 0.29) is 29.7 Å². The van der Waals surface area contributed by atoms with E-state index in [2.05, 4.69) is 15.2 Å². The molecule has 1 unspecified atom stereocenters. The Balaban J connectivity index is 1.33. The van der Waals surface area contributed by atoms with Crippen LogP contribution in [0.3, 0.4) is 0 Å². The van der Waals surface area contributed by atoms with Crippen LogP contribution in [0.1, 0.15) is 24.7 Å². The van der Waals surface area contributed by atoms with Crippen molar-refractivity contribution < 1.29 is 23.1 Å². The molecule has 1 amide bonds. The molecular formula is C23H23FN4O4. The van der Waals surface area contributed by atoms with E-state index in [1.165, 1.54) is 24.3 Å². The summed E-state index contributed by atoms with van der Waals surface area (Å²) in [5.41, 5.74) is 0.629. The first-order chi connectivity index (χ1) is 15.6. The Morgan fingerprint density at radius 2 is 1.88 bits per heavy atom. The molecule has 166 valence electrons. The summed E-state index contributed by atoms with van der Waals surface area (Å²) in [5, 5.41) is 8.56. The van der Waals surface area contributed by atoms with E-state index in [9.17, 15) is 9.18 Å². The van der Waals surface area contributed by atoms with Gasteiger partial charge in [-0.2, -0.15) is 0 Å². The number of halogens is 1. The lowest BCUT2D eigenvalue weighted by Gasteiger charge is -2.36. The van der Waals surface area contributed by atoms with E-state index in [0.717, 1.165) is 18.4 Å². The first-order valence-electron chi connectivity index (χ1n) is 10.6. The van der Waals surface area contributed by atoms with Crippen LogP contribution in [0, 0.1) is 11.2 Å². The highest BCUT2D eigenvalue weighted by Crippen LogP contribution is 2.49. The summed E-state index contributed by atoms with van der Waals surface area (Å²) in [6, 6.07) is 9.26. The van der Waals surface area contributed by atoms with Crippen molar-refractivity contribution in [1.82, 2.24) is 20.1 Å². The maximum atomic E-state index is 13.1. The molecule has 2 aliphatic heterocycles. The minimum absolute atomic E-state index is 0.0794. The minimum atomic E-state index is -0.349. The second-order valence-electron chi connectivity index (χ2n) is 8.23. The van der Waals surface area contributed by atoms with E-state index >= 15 is 0 Å². The highest BCUT2D eigenvalue weighted by atomic mass is 19.1. The lowest BCUT2D eigenvalue weighted by molar-refractivity contribution is -0.133. The number of pyridine rings is 1. The summed E-state index contributed by atoms with van der Waals surface area (Å²) in [4.78, 5) is 18.8. The van der Waals surface area contributed by atoms with Gasteiger partial charge in [0.25, 0.3) is 5.91 Å². The molecule has 1 aromatic carbocycles. The molecule has 0 N–H and O–H groups in total. The molecule has 32 heavy (non-hydrogen) atoms. The van der Waals surface area contributed by atoms with Crippen LogP contribution in [0.4, 0.5) is 4.39 Å². The molecule has 4 heterocycles. The van der Waals surface area contributed by atoms with Crippen molar-refractivity contribution in [2.75, 3.05) is 32.9 Å². The van der Waals surface area contributed by atoms with E-state index in [0.29, 0.717) is 43.8 Å². The van der Waals surface area contributed by atoms with Crippen molar-refractivity contribution in [2.24, 2.45) is 5.41 Å². The number of carbonyl (C=O) groups excluding carboxylic acids is 1. The highest BCUT2D eigenvalue weighted by Gasteiger charge is 2.51. The molecule has 1 spiro atoms. The first kappa shape index (κ1) is 20.6. The standard InChI is InChI=1S/C23H23FN4O4/c24-17-1-3-18(4-2-17)31-14-20(29)28-13-19(23(15-28)7-11-30-12-8-23)22-27-26-21(32-22)16-5-9-25-10-6-16/h1-6,9-10,19H,7-8,11-15H2. The summed E-state index contributed by atoms with van der Waals surface area (Å²) >= 11 is 0. The number of rotatable bonds is 5. The summed E-state index contributed by atoms with van der Waals surface area (Å²) < 4.78 is 30.3. The third-order valence-electron chi connectivity index (χ3n) is 6.33. The quantitative estimate of drug-likeness (QED) is 0.605. The predicted molar refractivity (Wildman–Crippen MR) is 111 cm³/mol. The van der Waals surface area contributed by atoms with Crippen LogP contribution in [-0.2, 0) is 9.53 Å². The van der Waals surface area contributed by atoms with E-state index in [1.807, 2.05) is 12.1 Å². The van der Waals surface area contributed by atoms with Crippen LogP contribution in [-0.4, -0.2) is 58.9 Å². The van der Waals surface area contributed by atoms with Gasteiger partial charge in [-0.3, -0.25) is 9.78 Å². The Kier molecular flexibility index (Phi) is 5.57. The Bertz CT molecular complexity index is 1070. The number of carbonyl (C=O) groups is 1. The lowest BCUT2D eigenvalue weighted by Crippen LogP contribution is -2.38. The second-order valence-corrected chi connectivity index (χ2v) is 8.23. The van der Waals surface area contributed by atoms with Gasteiger partial charge in [0.05, 0.1) is 5.92 Å². The van der Waals surface area contributed by atoms with Gasteiger partial charge in [-0.1, -0.05) is 0 Å². The van der Waals surface area contributed by atoms with Gasteiger partial charge in [-0.05, 0) is 49.2 Å². The fraction of sp³-hybridized carbons (Fsp3) is 0.391. The largest absolute Gasteiger partial charge is 0.484 e. The number of amides is 1. The number of benzene rings is 1. The van der Waals surface area contributed by atoms with Crippen molar-refractivity contribution in [1.29, 1.82) is 0 Å². The molecule has 0 saturated carbocycles. The molecule has 3 aromatic rings. The van der Waals surface area contributed by atoms with Crippen LogP contribution >= 0.6 is 0 Å². The maximum Gasteiger partial charge on any atom is 0.260 e. The summed E-state index contributed by atoms with van der Waals surface area (Å²) in [5.74, 6) is 0.872. The van der Waals surface area contributed by atoms with E-state index in [4.69, 9.17) is 13.9 Å². The number of hydrogen-bond donors (Lipinski definition) is 0. The maximum absolute atomic E-state index is 13.1. The first-order valence-corrected chi connectivity index (χ1v) is 10.6. The van der Waals surface area contributed by atoms with Gasteiger partial charge in [0.1, 0.15) is 11.6 Å². The Labute approximate surface area is 184 Å². The molecule has 2 saturated heterocycles. The van der Waals surface area contributed by atoms with Crippen LogP contribution in [0.25, 0.3) is 11.5 Å².